The molecule has 4 rings (SSSR count). The molecule has 0 unspecified atom stereocenters. The van der Waals surface area contributed by atoms with Gasteiger partial charge in [0.1, 0.15) is 10.6 Å². The monoisotopic (exact) mass is 495 g/mol. The summed E-state index contributed by atoms with van der Waals surface area (Å²) in [7, 11) is 1.37. The minimum absolute atomic E-state index is 0.0132. The fraction of sp³-hybridized carbons (Fsp3) is 0.240. The molecule has 2 heterocycles. The van der Waals surface area contributed by atoms with Gasteiger partial charge in [0.25, 0.3) is 5.91 Å². The van der Waals surface area contributed by atoms with Crippen LogP contribution in [0.5, 0.6) is 0 Å². The lowest BCUT2D eigenvalue weighted by Crippen LogP contribution is -2.40. The van der Waals surface area contributed by atoms with Crippen LogP contribution in [-0.4, -0.2) is 55.3 Å². The van der Waals surface area contributed by atoms with Gasteiger partial charge in [0.05, 0.1) is 20.3 Å². The lowest BCUT2D eigenvalue weighted by Gasteiger charge is -2.26. The molecule has 0 aliphatic carbocycles. The molecule has 0 atom stereocenters. The molecule has 0 bridgehead atoms. The molecule has 1 aromatic heterocycles. The SMILES string of the molecule is COC(=O)c1c(NC(=S)Nc2ccc(C(=O)N3CCOCC3)cc2)sc(C)c1-c1ccccc1. The fourth-order valence-corrected chi connectivity index (χ4v) is 5.15. The number of carbonyl (C=O) groups is 2. The first kappa shape index (κ1) is 23.9. The van der Waals surface area contributed by atoms with Gasteiger partial charge in [0.2, 0.25) is 0 Å². The van der Waals surface area contributed by atoms with E-state index in [4.69, 9.17) is 21.7 Å². The van der Waals surface area contributed by atoms with Gasteiger partial charge < -0.3 is 25.0 Å². The van der Waals surface area contributed by atoms with E-state index in [2.05, 4.69) is 10.6 Å². The fourth-order valence-electron chi connectivity index (χ4n) is 3.79. The summed E-state index contributed by atoms with van der Waals surface area (Å²) in [5.74, 6) is -0.444. The smallest absolute Gasteiger partial charge is 0.341 e. The van der Waals surface area contributed by atoms with Crippen LogP contribution < -0.4 is 10.6 Å². The molecule has 1 amide bonds. The van der Waals surface area contributed by atoms with Crippen LogP contribution >= 0.6 is 23.6 Å². The highest BCUT2D eigenvalue weighted by Gasteiger charge is 2.24. The van der Waals surface area contributed by atoms with Gasteiger partial charge in [0.15, 0.2) is 5.11 Å². The summed E-state index contributed by atoms with van der Waals surface area (Å²) >= 11 is 6.94. The number of methoxy groups -OCH3 is 1. The zero-order valence-electron chi connectivity index (χ0n) is 18.9. The Morgan fingerprint density at radius 2 is 1.71 bits per heavy atom. The number of amides is 1. The molecule has 0 spiro atoms. The van der Waals surface area contributed by atoms with Crippen molar-refractivity contribution in [2.45, 2.75) is 6.92 Å². The number of thiophene rings is 1. The Morgan fingerprint density at radius 3 is 2.35 bits per heavy atom. The number of hydrogen-bond acceptors (Lipinski definition) is 6. The van der Waals surface area contributed by atoms with E-state index in [1.165, 1.54) is 18.4 Å². The summed E-state index contributed by atoms with van der Waals surface area (Å²) in [4.78, 5) is 28.0. The summed E-state index contributed by atoms with van der Waals surface area (Å²) in [6.07, 6.45) is 0. The van der Waals surface area contributed by atoms with Crippen LogP contribution in [-0.2, 0) is 9.47 Å². The van der Waals surface area contributed by atoms with Crippen LogP contribution in [0.1, 0.15) is 25.6 Å². The molecule has 2 N–H and O–H groups in total. The number of thiocarbonyl (C=S) groups is 1. The number of carbonyl (C=O) groups excluding carboxylic acids is 2. The molecule has 1 saturated heterocycles. The molecule has 0 saturated carbocycles. The number of benzene rings is 2. The number of esters is 1. The molecular formula is C25H25N3O4S2. The predicted octanol–water partition coefficient (Wildman–Crippen LogP) is 4.79. The maximum absolute atomic E-state index is 12.7. The van der Waals surface area contributed by atoms with Crippen LogP contribution in [0.25, 0.3) is 11.1 Å². The van der Waals surface area contributed by atoms with E-state index in [1.54, 1.807) is 29.2 Å². The van der Waals surface area contributed by atoms with Crippen LogP contribution in [0.15, 0.2) is 54.6 Å². The number of rotatable bonds is 5. The van der Waals surface area contributed by atoms with Crippen molar-refractivity contribution in [2.24, 2.45) is 0 Å². The molecule has 1 aliphatic heterocycles. The van der Waals surface area contributed by atoms with Crippen molar-refractivity contribution in [3.8, 4) is 11.1 Å². The summed E-state index contributed by atoms with van der Waals surface area (Å²) in [6, 6.07) is 16.9. The number of hydrogen-bond donors (Lipinski definition) is 2. The third-order valence-electron chi connectivity index (χ3n) is 5.45. The molecular weight excluding hydrogens is 470 g/mol. The van der Waals surface area contributed by atoms with Gasteiger partial charge in [-0.2, -0.15) is 0 Å². The van der Waals surface area contributed by atoms with Gasteiger partial charge in [0, 0.05) is 34.8 Å². The second-order valence-electron chi connectivity index (χ2n) is 7.66. The van der Waals surface area contributed by atoms with Crippen molar-refractivity contribution in [3.05, 3.63) is 70.6 Å². The minimum Gasteiger partial charge on any atom is -0.465 e. The second-order valence-corrected chi connectivity index (χ2v) is 9.29. The molecule has 3 aromatic rings. The second kappa shape index (κ2) is 10.8. The lowest BCUT2D eigenvalue weighted by molar-refractivity contribution is 0.0303. The zero-order chi connectivity index (χ0) is 24.1. The maximum atomic E-state index is 12.7. The van der Waals surface area contributed by atoms with Crippen molar-refractivity contribution < 1.29 is 19.1 Å². The standard InChI is InChI=1S/C25H25N3O4S2/c1-16-20(17-6-4-3-5-7-17)21(24(30)31-2)22(34-16)27-25(33)26-19-10-8-18(9-11-19)23(29)28-12-14-32-15-13-28/h3-11H,12-15H2,1-2H3,(H2,26,27,33). The van der Waals surface area contributed by atoms with Gasteiger partial charge >= 0.3 is 5.97 Å². The van der Waals surface area contributed by atoms with Crippen LogP contribution in [0.2, 0.25) is 0 Å². The number of morpholine rings is 1. The first-order valence-corrected chi connectivity index (χ1v) is 12.0. The first-order chi connectivity index (χ1) is 16.5. The average Bonchev–Trinajstić information content (AvgIpc) is 3.19. The molecule has 1 fully saturated rings. The molecule has 2 aromatic carbocycles. The topological polar surface area (TPSA) is 79.9 Å². The number of anilines is 2. The quantitative estimate of drug-likeness (QED) is 0.389. The molecule has 1 aliphatic rings. The van der Waals surface area contributed by atoms with Crippen LogP contribution in [0.3, 0.4) is 0 Å². The van der Waals surface area contributed by atoms with E-state index in [-0.39, 0.29) is 5.91 Å². The third kappa shape index (κ3) is 5.27. The Bertz CT molecular complexity index is 1190. The lowest BCUT2D eigenvalue weighted by atomic mass is 10.0. The summed E-state index contributed by atoms with van der Waals surface area (Å²) < 4.78 is 10.4. The number of nitrogens with one attached hydrogen (secondary N) is 2. The summed E-state index contributed by atoms with van der Waals surface area (Å²) in [5, 5.41) is 7.20. The number of ether oxygens (including phenoxy) is 2. The van der Waals surface area contributed by atoms with Gasteiger partial charge in [-0.25, -0.2) is 4.79 Å². The maximum Gasteiger partial charge on any atom is 0.341 e. The Morgan fingerprint density at radius 1 is 1.03 bits per heavy atom. The van der Waals surface area contributed by atoms with Crippen molar-refractivity contribution in [3.63, 3.8) is 0 Å². The third-order valence-corrected chi connectivity index (χ3v) is 6.68. The van der Waals surface area contributed by atoms with Crippen LogP contribution in [0.4, 0.5) is 10.7 Å². The van der Waals surface area contributed by atoms with Crippen LogP contribution in [0, 0.1) is 6.92 Å². The largest absolute Gasteiger partial charge is 0.465 e. The van der Waals surface area contributed by atoms with Gasteiger partial charge in [-0.05, 0) is 49.0 Å². The van der Waals surface area contributed by atoms with E-state index < -0.39 is 5.97 Å². The van der Waals surface area contributed by atoms with E-state index in [9.17, 15) is 9.59 Å². The van der Waals surface area contributed by atoms with E-state index in [1.807, 2.05) is 37.3 Å². The normalized spacial score (nSPS) is 13.3. The summed E-state index contributed by atoms with van der Waals surface area (Å²) in [6.45, 7) is 4.28. The average molecular weight is 496 g/mol. The highest BCUT2D eigenvalue weighted by atomic mass is 32.1. The molecule has 9 heteroatoms. The minimum atomic E-state index is -0.431. The van der Waals surface area contributed by atoms with Crippen molar-refractivity contribution in [1.29, 1.82) is 0 Å². The van der Waals surface area contributed by atoms with Gasteiger partial charge in [-0.1, -0.05) is 30.3 Å². The number of nitrogens with zero attached hydrogens (tertiary/aromatic N) is 1. The van der Waals surface area contributed by atoms with Gasteiger partial charge in [-0.3, -0.25) is 4.79 Å². The Labute approximate surface area is 207 Å². The Kier molecular flexibility index (Phi) is 7.56. The molecule has 176 valence electrons. The van der Waals surface area contributed by atoms with E-state index in [0.29, 0.717) is 47.5 Å². The van der Waals surface area contributed by atoms with Crippen molar-refractivity contribution in [1.82, 2.24) is 4.90 Å². The van der Waals surface area contributed by atoms with Crippen molar-refractivity contribution >= 4 is 51.2 Å². The summed E-state index contributed by atoms with van der Waals surface area (Å²) in [5.41, 5.74) is 3.55. The van der Waals surface area contributed by atoms with Crippen molar-refractivity contribution in [2.75, 3.05) is 44.0 Å². The predicted molar refractivity (Wildman–Crippen MR) is 139 cm³/mol. The molecule has 0 radical (unpaired) electrons. The Balaban J connectivity index is 1.49. The zero-order valence-corrected chi connectivity index (χ0v) is 20.6. The van der Waals surface area contributed by atoms with E-state index >= 15 is 0 Å². The highest BCUT2D eigenvalue weighted by Crippen LogP contribution is 2.40. The Hall–Kier alpha value is -3.27. The van der Waals surface area contributed by atoms with Gasteiger partial charge in [-0.15, -0.1) is 11.3 Å². The van der Waals surface area contributed by atoms with E-state index in [0.717, 1.165) is 21.7 Å². The first-order valence-electron chi connectivity index (χ1n) is 10.8. The highest BCUT2D eigenvalue weighted by molar-refractivity contribution is 7.80. The number of aryl methyl sites for hydroxylation is 1. The molecule has 7 nitrogen and oxygen atoms in total. The molecule has 34 heavy (non-hydrogen) atoms.